The van der Waals surface area contributed by atoms with Crippen molar-refractivity contribution in [3.63, 3.8) is 0 Å². The average Bonchev–Trinajstić information content (AvgIpc) is 2.59. The Labute approximate surface area is 77.4 Å². The molecule has 1 aromatic heterocycles. The summed E-state index contributed by atoms with van der Waals surface area (Å²) in [6.45, 7) is 2.30. The van der Waals surface area contributed by atoms with E-state index in [1.165, 1.54) is 30.5 Å². The minimum absolute atomic E-state index is 0.303. The number of hydrogen-bond acceptors (Lipinski definition) is 3. The van der Waals surface area contributed by atoms with Crippen molar-refractivity contribution in [2.24, 2.45) is 0 Å². The molecule has 0 amide bonds. The highest BCUT2D eigenvalue weighted by atomic mass is 15.0. The Morgan fingerprint density at radius 1 is 1.62 bits per heavy atom. The number of anilines is 1. The van der Waals surface area contributed by atoms with Gasteiger partial charge in [0, 0.05) is 11.6 Å². The molecule has 68 valence electrons. The molecule has 0 radical (unpaired) electrons. The predicted molar refractivity (Wildman–Crippen MR) is 50.4 cm³/mol. The van der Waals surface area contributed by atoms with Gasteiger partial charge in [0.25, 0.3) is 0 Å². The molecule has 0 aromatic carbocycles. The number of nitrogens with two attached hydrogens (primary N) is 1. The maximum absolute atomic E-state index is 5.60. The molecular weight excluding hydrogens is 162 g/mol. The van der Waals surface area contributed by atoms with Gasteiger partial charge in [0.1, 0.15) is 0 Å². The van der Waals surface area contributed by atoms with Crippen LogP contribution in [-0.2, 0) is 5.41 Å². The van der Waals surface area contributed by atoms with Crippen LogP contribution in [0.3, 0.4) is 0 Å². The second kappa shape index (κ2) is 2.03. The van der Waals surface area contributed by atoms with Crippen LogP contribution in [-0.4, -0.2) is 9.97 Å². The summed E-state index contributed by atoms with van der Waals surface area (Å²) >= 11 is 0. The summed E-state index contributed by atoms with van der Waals surface area (Å²) in [5.74, 6) is 1.13. The number of nitrogen functional groups attached to an aromatic ring is 1. The maximum atomic E-state index is 5.60. The van der Waals surface area contributed by atoms with Gasteiger partial charge in [0.2, 0.25) is 5.95 Å². The maximum Gasteiger partial charge on any atom is 0.220 e. The van der Waals surface area contributed by atoms with Crippen molar-refractivity contribution >= 4 is 5.95 Å². The number of rotatable bonds is 0. The van der Waals surface area contributed by atoms with Gasteiger partial charge in [-0.3, -0.25) is 0 Å². The minimum atomic E-state index is 0.303. The summed E-state index contributed by atoms with van der Waals surface area (Å²) in [6, 6.07) is 0. The third kappa shape index (κ3) is 0.794. The smallest absolute Gasteiger partial charge is 0.220 e. The average molecular weight is 175 g/mol. The Kier molecular flexibility index (Phi) is 1.14. The highest BCUT2D eigenvalue weighted by molar-refractivity contribution is 5.41. The van der Waals surface area contributed by atoms with Crippen LogP contribution in [0.15, 0.2) is 6.20 Å². The third-order valence-corrected chi connectivity index (χ3v) is 3.59. The summed E-state index contributed by atoms with van der Waals surface area (Å²) in [5, 5.41) is 0. The van der Waals surface area contributed by atoms with E-state index < -0.39 is 0 Å². The first-order valence-electron chi connectivity index (χ1n) is 4.82. The summed E-state index contributed by atoms with van der Waals surface area (Å²) in [4.78, 5) is 8.44. The zero-order valence-electron chi connectivity index (χ0n) is 7.75. The summed E-state index contributed by atoms with van der Waals surface area (Å²) in [6.07, 6.45) is 5.74. The SMILES string of the molecule is C[C@]12CC[C@H](C1)c1cnc(N)nc12. The van der Waals surface area contributed by atoms with Gasteiger partial charge >= 0.3 is 0 Å². The summed E-state index contributed by atoms with van der Waals surface area (Å²) in [5.41, 5.74) is 8.47. The third-order valence-electron chi connectivity index (χ3n) is 3.59. The number of hydrogen-bond donors (Lipinski definition) is 1. The van der Waals surface area contributed by atoms with E-state index >= 15 is 0 Å². The van der Waals surface area contributed by atoms with E-state index in [1.54, 1.807) is 0 Å². The quantitative estimate of drug-likeness (QED) is 0.651. The molecule has 0 spiro atoms. The Hall–Kier alpha value is -1.12. The molecule has 0 aliphatic heterocycles. The van der Waals surface area contributed by atoms with Crippen LogP contribution >= 0.6 is 0 Å². The van der Waals surface area contributed by atoms with Crippen LogP contribution in [0.25, 0.3) is 0 Å². The molecule has 1 aromatic rings. The zero-order valence-corrected chi connectivity index (χ0v) is 7.75. The Morgan fingerprint density at radius 2 is 2.46 bits per heavy atom. The highest BCUT2D eigenvalue weighted by Crippen LogP contribution is 2.55. The molecule has 1 fully saturated rings. The lowest BCUT2D eigenvalue weighted by atomic mass is 9.85. The first-order chi connectivity index (χ1) is 6.19. The van der Waals surface area contributed by atoms with Gasteiger partial charge in [0.05, 0.1) is 5.69 Å². The number of fused-ring (bicyclic) bond motifs is 5. The van der Waals surface area contributed by atoms with Gasteiger partial charge < -0.3 is 5.73 Å². The number of nitrogens with zero attached hydrogens (tertiary/aromatic N) is 2. The van der Waals surface area contributed by atoms with Crippen molar-refractivity contribution in [1.29, 1.82) is 0 Å². The van der Waals surface area contributed by atoms with Crippen molar-refractivity contribution in [2.75, 3.05) is 5.73 Å². The fourth-order valence-electron chi connectivity index (χ4n) is 2.91. The molecule has 1 heterocycles. The largest absolute Gasteiger partial charge is 0.368 e. The lowest BCUT2D eigenvalue weighted by molar-refractivity contribution is 0.490. The normalized spacial score (nSPS) is 35.0. The van der Waals surface area contributed by atoms with E-state index in [1.807, 2.05) is 6.20 Å². The highest BCUT2D eigenvalue weighted by Gasteiger charge is 2.47. The van der Waals surface area contributed by atoms with Crippen molar-refractivity contribution in [3.05, 3.63) is 17.5 Å². The Bertz CT molecular complexity index is 374. The molecule has 2 N–H and O–H groups in total. The van der Waals surface area contributed by atoms with Crippen LogP contribution in [0.2, 0.25) is 0 Å². The van der Waals surface area contributed by atoms with Gasteiger partial charge in [-0.15, -0.1) is 0 Å². The van der Waals surface area contributed by atoms with E-state index in [4.69, 9.17) is 5.73 Å². The molecule has 1 saturated carbocycles. The van der Waals surface area contributed by atoms with E-state index in [0.717, 1.165) is 0 Å². The summed E-state index contributed by atoms with van der Waals surface area (Å²) < 4.78 is 0. The second-order valence-corrected chi connectivity index (χ2v) is 4.53. The molecule has 3 nitrogen and oxygen atoms in total. The topological polar surface area (TPSA) is 51.8 Å². The standard InChI is InChI=1S/C10H13N3/c1-10-3-2-6(4-10)7-5-12-9(11)13-8(7)10/h5-6H,2-4H2,1H3,(H2,11,12,13)/t6-,10+/m1/s1. The molecule has 13 heavy (non-hydrogen) atoms. The van der Waals surface area contributed by atoms with Crippen molar-refractivity contribution in [1.82, 2.24) is 9.97 Å². The first kappa shape index (κ1) is 7.30. The van der Waals surface area contributed by atoms with Crippen LogP contribution in [0.5, 0.6) is 0 Å². The fourth-order valence-corrected chi connectivity index (χ4v) is 2.91. The lowest BCUT2D eigenvalue weighted by Crippen LogP contribution is -2.18. The molecular formula is C10H13N3. The van der Waals surface area contributed by atoms with Gasteiger partial charge in [-0.2, -0.15) is 0 Å². The first-order valence-corrected chi connectivity index (χ1v) is 4.82. The van der Waals surface area contributed by atoms with Crippen LogP contribution in [0.1, 0.15) is 43.4 Å². The van der Waals surface area contributed by atoms with E-state index in [2.05, 4.69) is 16.9 Å². The Balaban J connectivity index is 2.25. The van der Waals surface area contributed by atoms with Crippen molar-refractivity contribution in [3.8, 4) is 0 Å². The molecule has 0 saturated heterocycles. The minimum Gasteiger partial charge on any atom is -0.368 e. The lowest BCUT2D eigenvalue weighted by Gasteiger charge is -2.22. The van der Waals surface area contributed by atoms with E-state index in [-0.39, 0.29) is 0 Å². The molecule has 2 atom stereocenters. The molecule has 3 heteroatoms. The van der Waals surface area contributed by atoms with Gasteiger partial charge in [-0.25, -0.2) is 9.97 Å². The van der Waals surface area contributed by atoms with Gasteiger partial charge in [0.15, 0.2) is 0 Å². The molecule has 3 rings (SSSR count). The van der Waals surface area contributed by atoms with Crippen LogP contribution in [0, 0.1) is 0 Å². The van der Waals surface area contributed by atoms with Gasteiger partial charge in [-0.1, -0.05) is 6.92 Å². The molecule has 2 aliphatic rings. The Morgan fingerprint density at radius 3 is 3.31 bits per heavy atom. The number of aromatic nitrogens is 2. The van der Waals surface area contributed by atoms with E-state index in [9.17, 15) is 0 Å². The molecule has 2 bridgehead atoms. The van der Waals surface area contributed by atoms with Gasteiger partial charge in [-0.05, 0) is 30.7 Å². The van der Waals surface area contributed by atoms with Crippen molar-refractivity contribution < 1.29 is 0 Å². The second-order valence-electron chi connectivity index (χ2n) is 4.53. The van der Waals surface area contributed by atoms with E-state index in [0.29, 0.717) is 17.3 Å². The predicted octanol–water partition coefficient (Wildman–Crippen LogP) is 1.60. The van der Waals surface area contributed by atoms with Crippen LogP contribution < -0.4 is 5.73 Å². The molecule has 0 unspecified atom stereocenters. The summed E-state index contributed by atoms with van der Waals surface area (Å²) in [7, 11) is 0. The van der Waals surface area contributed by atoms with Crippen molar-refractivity contribution in [2.45, 2.75) is 37.5 Å². The fraction of sp³-hybridized carbons (Fsp3) is 0.600. The monoisotopic (exact) mass is 175 g/mol. The van der Waals surface area contributed by atoms with Crippen LogP contribution in [0.4, 0.5) is 5.95 Å². The molecule has 2 aliphatic carbocycles. The zero-order chi connectivity index (χ0) is 9.05.